The Bertz CT molecular complexity index is 1040. The summed E-state index contributed by atoms with van der Waals surface area (Å²) < 4.78 is 41.7. The van der Waals surface area contributed by atoms with Gasteiger partial charge in [-0.1, -0.05) is 0 Å². The molecule has 29 heavy (non-hydrogen) atoms. The highest BCUT2D eigenvalue weighted by Gasteiger charge is 2.38. The van der Waals surface area contributed by atoms with E-state index in [2.05, 4.69) is 10.3 Å². The number of carbonyl (C=O) groups excluding carboxylic acids is 1. The topological polar surface area (TPSA) is 70.9 Å². The molecule has 0 bridgehead atoms. The quantitative estimate of drug-likeness (QED) is 0.542. The van der Waals surface area contributed by atoms with Crippen molar-refractivity contribution in [3.05, 3.63) is 59.4 Å². The second kappa shape index (κ2) is 7.91. The third-order valence-corrected chi connectivity index (χ3v) is 5.59. The van der Waals surface area contributed by atoms with Gasteiger partial charge >= 0.3 is 0 Å². The van der Waals surface area contributed by atoms with Crippen LogP contribution in [0.2, 0.25) is 0 Å². The number of halogens is 3. The van der Waals surface area contributed by atoms with Crippen molar-refractivity contribution in [2.75, 3.05) is 13.1 Å². The van der Waals surface area contributed by atoms with Gasteiger partial charge in [0.25, 0.3) is 0 Å². The van der Waals surface area contributed by atoms with Gasteiger partial charge in [0.1, 0.15) is 17.5 Å². The van der Waals surface area contributed by atoms with E-state index in [0.29, 0.717) is 42.6 Å². The molecule has 1 fully saturated rings. The Kier molecular flexibility index (Phi) is 5.32. The van der Waals surface area contributed by atoms with E-state index >= 15 is 0 Å². The highest BCUT2D eigenvalue weighted by molar-refractivity contribution is 5.92. The lowest BCUT2D eigenvalue weighted by Crippen LogP contribution is -2.38. The van der Waals surface area contributed by atoms with Gasteiger partial charge in [0.05, 0.1) is 11.2 Å². The fraction of sp³-hybridized carbons (Fsp3) is 0.318. The number of fused-ring (bicyclic) bond motifs is 1. The summed E-state index contributed by atoms with van der Waals surface area (Å²) in [5, 5.41) is 3.34. The van der Waals surface area contributed by atoms with E-state index in [9.17, 15) is 18.0 Å². The van der Waals surface area contributed by atoms with Gasteiger partial charge in [0.2, 0.25) is 5.91 Å². The SMILES string of the molecule is NCCCNC(=O)C1CC(c2c(-c3ccc(F)cc3)[nH]c3c(F)cc(F)cc23)C1. The molecule has 1 aromatic heterocycles. The van der Waals surface area contributed by atoms with E-state index in [1.165, 1.54) is 18.2 Å². The molecular formula is C22H22F3N3O. The molecule has 0 atom stereocenters. The Labute approximate surface area is 166 Å². The lowest BCUT2D eigenvalue weighted by atomic mass is 9.70. The standard InChI is InChI=1S/C22H22F3N3O/c23-15-4-2-12(3-5-15)20-19(17-10-16(24)11-18(25)21(17)28-20)13-8-14(9-13)22(29)27-7-1-6-26/h2-5,10-11,13-14,28H,1,6-9,26H2,(H,27,29). The average Bonchev–Trinajstić information content (AvgIpc) is 3.01. The number of hydrogen-bond donors (Lipinski definition) is 3. The summed E-state index contributed by atoms with van der Waals surface area (Å²) in [4.78, 5) is 15.3. The maximum absolute atomic E-state index is 14.4. The van der Waals surface area contributed by atoms with Crippen molar-refractivity contribution in [3.63, 3.8) is 0 Å². The van der Waals surface area contributed by atoms with Gasteiger partial charge < -0.3 is 16.0 Å². The predicted molar refractivity (Wildman–Crippen MR) is 106 cm³/mol. The van der Waals surface area contributed by atoms with Gasteiger partial charge in [-0.15, -0.1) is 0 Å². The number of nitrogens with one attached hydrogen (secondary N) is 2. The van der Waals surface area contributed by atoms with Crippen molar-refractivity contribution in [2.24, 2.45) is 11.7 Å². The minimum absolute atomic E-state index is 0.0183. The summed E-state index contributed by atoms with van der Waals surface area (Å²) in [6, 6.07) is 8.02. The molecule has 4 rings (SSSR count). The minimum Gasteiger partial charge on any atom is -0.356 e. The molecule has 1 aliphatic rings. The Hall–Kier alpha value is -2.80. The highest BCUT2D eigenvalue weighted by Crippen LogP contribution is 2.48. The summed E-state index contributed by atoms with van der Waals surface area (Å²) >= 11 is 0. The van der Waals surface area contributed by atoms with Crippen molar-refractivity contribution in [2.45, 2.75) is 25.2 Å². The molecule has 3 aromatic rings. The van der Waals surface area contributed by atoms with Crippen LogP contribution in [0.25, 0.3) is 22.2 Å². The Balaban J connectivity index is 1.67. The fourth-order valence-corrected chi connectivity index (χ4v) is 4.03. The van der Waals surface area contributed by atoms with Gasteiger partial charge in [-0.2, -0.15) is 0 Å². The van der Waals surface area contributed by atoms with Crippen LogP contribution in [0.5, 0.6) is 0 Å². The highest BCUT2D eigenvalue weighted by atomic mass is 19.1. The second-order valence-electron chi connectivity index (χ2n) is 7.53. The minimum atomic E-state index is -0.676. The van der Waals surface area contributed by atoms with Gasteiger partial charge in [-0.25, -0.2) is 13.2 Å². The number of aromatic amines is 1. The van der Waals surface area contributed by atoms with Crippen LogP contribution < -0.4 is 11.1 Å². The molecule has 0 saturated heterocycles. The van der Waals surface area contributed by atoms with Crippen LogP contribution in [0, 0.1) is 23.4 Å². The van der Waals surface area contributed by atoms with Crippen LogP contribution in [0.3, 0.4) is 0 Å². The summed E-state index contributed by atoms with van der Waals surface area (Å²) in [7, 11) is 0. The summed E-state index contributed by atoms with van der Waals surface area (Å²) in [6.45, 7) is 1.06. The van der Waals surface area contributed by atoms with Crippen LogP contribution in [0.1, 0.15) is 30.7 Å². The zero-order chi connectivity index (χ0) is 20.5. The third kappa shape index (κ3) is 3.74. The first-order chi connectivity index (χ1) is 14.0. The van der Waals surface area contributed by atoms with Crippen molar-refractivity contribution in [3.8, 4) is 11.3 Å². The van der Waals surface area contributed by atoms with Crippen LogP contribution in [-0.2, 0) is 4.79 Å². The largest absolute Gasteiger partial charge is 0.356 e. The molecule has 1 saturated carbocycles. The number of carbonyl (C=O) groups is 1. The molecule has 7 heteroatoms. The Morgan fingerprint density at radius 1 is 1.10 bits per heavy atom. The lowest BCUT2D eigenvalue weighted by molar-refractivity contribution is -0.127. The summed E-state index contributed by atoms with van der Waals surface area (Å²) in [6.07, 6.45) is 1.90. The molecule has 1 heterocycles. The molecule has 4 nitrogen and oxygen atoms in total. The van der Waals surface area contributed by atoms with E-state index in [0.717, 1.165) is 18.1 Å². The number of nitrogens with two attached hydrogens (primary N) is 1. The van der Waals surface area contributed by atoms with E-state index < -0.39 is 11.6 Å². The third-order valence-electron chi connectivity index (χ3n) is 5.59. The Morgan fingerprint density at radius 3 is 2.52 bits per heavy atom. The molecule has 4 N–H and O–H groups in total. The smallest absolute Gasteiger partial charge is 0.223 e. The summed E-state index contributed by atoms with van der Waals surface area (Å²) in [5.74, 6) is -1.88. The van der Waals surface area contributed by atoms with E-state index in [-0.39, 0.29) is 29.1 Å². The lowest BCUT2D eigenvalue weighted by Gasteiger charge is -2.35. The summed E-state index contributed by atoms with van der Waals surface area (Å²) in [5.41, 5.74) is 7.76. The first-order valence-electron chi connectivity index (χ1n) is 9.72. The first-order valence-corrected chi connectivity index (χ1v) is 9.72. The monoisotopic (exact) mass is 401 g/mol. The van der Waals surface area contributed by atoms with Crippen LogP contribution in [0.15, 0.2) is 36.4 Å². The number of aromatic nitrogens is 1. The maximum atomic E-state index is 14.4. The molecule has 152 valence electrons. The molecule has 0 radical (unpaired) electrons. The number of amides is 1. The van der Waals surface area contributed by atoms with Gasteiger partial charge in [-0.05, 0) is 73.2 Å². The second-order valence-corrected chi connectivity index (χ2v) is 7.53. The van der Waals surface area contributed by atoms with Crippen LogP contribution >= 0.6 is 0 Å². The number of rotatable bonds is 6. The van der Waals surface area contributed by atoms with E-state index in [1.54, 1.807) is 12.1 Å². The van der Waals surface area contributed by atoms with Crippen molar-refractivity contribution in [1.29, 1.82) is 0 Å². The predicted octanol–water partition coefficient (Wildman–Crippen LogP) is 4.21. The van der Waals surface area contributed by atoms with Gasteiger partial charge in [0.15, 0.2) is 0 Å². The molecule has 0 spiro atoms. The Morgan fingerprint density at radius 2 is 1.83 bits per heavy atom. The van der Waals surface area contributed by atoms with E-state index in [4.69, 9.17) is 5.73 Å². The van der Waals surface area contributed by atoms with E-state index in [1.807, 2.05) is 0 Å². The average molecular weight is 401 g/mol. The van der Waals surface area contributed by atoms with Gasteiger partial charge in [0, 0.05) is 23.9 Å². The molecule has 0 unspecified atom stereocenters. The molecule has 1 aliphatic carbocycles. The van der Waals surface area contributed by atoms with Crippen molar-refractivity contribution >= 4 is 16.8 Å². The molecular weight excluding hydrogens is 379 g/mol. The number of hydrogen-bond acceptors (Lipinski definition) is 2. The van der Waals surface area contributed by atoms with Crippen LogP contribution in [-0.4, -0.2) is 24.0 Å². The molecule has 1 amide bonds. The zero-order valence-corrected chi connectivity index (χ0v) is 15.8. The molecule has 0 aliphatic heterocycles. The molecule has 2 aromatic carbocycles. The normalized spacial score (nSPS) is 18.6. The first kappa shape index (κ1) is 19.5. The maximum Gasteiger partial charge on any atom is 0.223 e. The number of H-pyrrole nitrogens is 1. The zero-order valence-electron chi connectivity index (χ0n) is 15.8. The van der Waals surface area contributed by atoms with Crippen molar-refractivity contribution in [1.82, 2.24) is 10.3 Å². The van der Waals surface area contributed by atoms with Crippen molar-refractivity contribution < 1.29 is 18.0 Å². The van der Waals surface area contributed by atoms with Gasteiger partial charge in [-0.3, -0.25) is 4.79 Å². The fourth-order valence-electron chi connectivity index (χ4n) is 4.03. The number of benzene rings is 2. The van der Waals surface area contributed by atoms with Crippen LogP contribution in [0.4, 0.5) is 13.2 Å².